The Bertz CT molecular complexity index is 1520. The number of hydrogen-bond acceptors (Lipinski definition) is 20. The zero-order valence-electron chi connectivity index (χ0n) is 27.7. The number of nitro groups is 4. The van der Waals surface area contributed by atoms with Gasteiger partial charge in [-0.2, -0.15) is 0 Å². The second-order valence-corrected chi connectivity index (χ2v) is 10.3. The summed E-state index contributed by atoms with van der Waals surface area (Å²) in [6, 6.07) is 7.22. The van der Waals surface area contributed by atoms with Gasteiger partial charge in [0.15, 0.2) is 24.6 Å². The number of carboxylic acid groups (broad SMARTS) is 1. The van der Waals surface area contributed by atoms with Crippen LogP contribution in [-0.2, 0) is 47.7 Å². The Morgan fingerprint density at radius 3 is 1.60 bits per heavy atom. The highest BCUT2D eigenvalue weighted by Crippen LogP contribution is 2.29. The van der Waals surface area contributed by atoms with Crippen molar-refractivity contribution in [1.82, 2.24) is 0 Å². The maximum Gasteiger partial charge on any atom is 0.328 e. The van der Waals surface area contributed by atoms with E-state index in [-0.39, 0.29) is 0 Å². The number of rotatable bonds is 20. The van der Waals surface area contributed by atoms with Crippen LogP contribution in [0.4, 0.5) is 0 Å². The van der Waals surface area contributed by atoms with E-state index in [0.29, 0.717) is 5.75 Å². The normalized spacial score (nSPS) is 19.0. The molecule has 1 aromatic carbocycles. The third-order valence-corrected chi connectivity index (χ3v) is 6.36. The van der Waals surface area contributed by atoms with E-state index < -0.39 is 139 Å². The summed E-state index contributed by atoms with van der Waals surface area (Å²) in [7, 11) is 1.55. The van der Waals surface area contributed by atoms with Gasteiger partial charge in [-0.3, -0.25) is 59.6 Å². The van der Waals surface area contributed by atoms with Gasteiger partial charge in [0.1, 0.15) is 44.1 Å². The summed E-state index contributed by atoms with van der Waals surface area (Å²) in [5, 5.41) is 61.1. The smallest absolute Gasteiger partial charge is 0.328 e. The van der Waals surface area contributed by atoms with Gasteiger partial charge in [0.05, 0.1) is 7.11 Å². The first kappa shape index (κ1) is 44.7. The molecule has 1 aromatic rings. The summed E-state index contributed by atoms with van der Waals surface area (Å²) in [4.78, 5) is 97.5. The number of aliphatic hydroxyl groups excluding tert-OH is 1. The first-order chi connectivity index (χ1) is 24.9. The zero-order valence-corrected chi connectivity index (χ0v) is 27.7. The van der Waals surface area contributed by atoms with Gasteiger partial charge in [-0.25, -0.2) is 4.79 Å². The number of benzene rings is 1. The van der Waals surface area contributed by atoms with E-state index in [4.69, 9.17) is 33.5 Å². The third kappa shape index (κ3) is 18.4. The van der Waals surface area contributed by atoms with Crippen LogP contribution in [-0.4, -0.2) is 130 Å². The molecule has 0 aliphatic carbocycles. The largest absolute Gasteiger partial charge is 0.496 e. The molecule has 0 amide bonds. The maximum absolute atomic E-state index is 12.3. The number of methoxy groups -OCH3 is 1. The van der Waals surface area contributed by atoms with Gasteiger partial charge < -0.3 is 38.6 Å². The molecule has 0 spiro atoms. The topological polar surface area (TPSA) is 354 Å². The lowest BCUT2D eigenvalue weighted by Crippen LogP contribution is -2.62. The van der Waals surface area contributed by atoms with Gasteiger partial charge in [0, 0.05) is 31.3 Å². The van der Waals surface area contributed by atoms with Gasteiger partial charge in [-0.15, -0.1) is 0 Å². The minimum Gasteiger partial charge on any atom is -0.496 e. The van der Waals surface area contributed by atoms with E-state index in [1.807, 2.05) is 12.1 Å². The number of carboxylic acids is 1. The Morgan fingerprint density at radius 1 is 0.717 bits per heavy atom. The summed E-state index contributed by atoms with van der Waals surface area (Å²) in [5.41, 5.74) is 0.757. The number of carbonyl (C=O) groups is 5. The summed E-state index contributed by atoms with van der Waals surface area (Å²) < 4.78 is 30.1. The highest BCUT2D eigenvalue weighted by molar-refractivity contribution is 5.85. The zero-order chi connectivity index (χ0) is 40.1. The minimum atomic E-state index is -2.22. The average molecular weight is 763 g/mol. The lowest BCUT2D eigenvalue weighted by Gasteiger charge is -2.42. The van der Waals surface area contributed by atoms with Gasteiger partial charge in [-0.1, -0.05) is 18.2 Å². The number of aliphatic hydroxyl groups is 1. The molecular formula is C28H34N4O21. The molecule has 0 aromatic heterocycles. The molecule has 5 unspecified atom stereocenters. The molecule has 2 N–H and O–H groups in total. The fraction of sp³-hybridized carbons (Fsp3) is 0.536. The Labute approximate surface area is 296 Å². The Balaban J connectivity index is 0.000000902. The van der Waals surface area contributed by atoms with Crippen LogP contribution in [0.2, 0.25) is 0 Å². The van der Waals surface area contributed by atoms with Crippen molar-refractivity contribution in [3.05, 3.63) is 76.4 Å². The van der Waals surface area contributed by atoms with Gasteiger partial charge in [-0.05, 0) is 12.1 Å². The molecule has 1 fully saturated rings. The lowest BCUT2D eigenvalue weighted by atomic mass is 9.98. The van der Waals surface area contributed by atoms with E-state index in [9.17, 15) is 69.5 Å². The molecule has 2 rings (SSSR count). The molecule has 25 nitrogen and oxygen atoms in total. The van der Waals surface area contributed by atoms with Gasteiger partial charge in [0.2, 0.25) is 26.2 Å². The standard InChI is InChI=1S/C18H24N4O18.C10H10O3/c23-11(1-5-19(28)29)36-9-10-15(38-12(24)2-6-20(30)31)16(39-13(25)3-7-21(32)33)17(18(27)37-10)40-14(26)4-8-22(34)35;1-13-9-5-3-2-4-8(9)6-7-10(11)12/h10,15-18,27H,1-9H2;2-7H,1H3,(H,11,12). The van der Waals surface area contributed by atoms with Crippen LogP contribution in [0.1, 0.15) is 31.2 Å². The van der Waals surface area contributed by atoms with E-state index in [1.54, 1.807) is 19.2 Å². The van der Waals surface area contributed by atoms with E-state index in [1.165, 1.54) is 6.08 Å². The van der Waals surface area contributed by atoms with Gasteiger partial charge in [0.25, 0.3) is 0 Å². The first-order valence-corrected chi connectivity index (χ1v) is 15.0. The third-order valence-electron chi connectivity index (χ3n) is 6.36. The fourth-order valence-electron chi connectivity index (χ4n) is 4.01. The van der Waals surface area contributed by atoms with Crippen molar-refractivity contribution in [2.45, 2.75) is 56.4 Å². The predicted octanol–water partition coefficient (Wildman–Crippen LogP) is -0.558. The number of nitrogens with zero attached hydrogens (tertiary/aromatic N) is 4. The van der Waals surface area contributed by atoms with Crippen LogP contribution < -0.4 is 4.74 Å². The number of esters is 4. The lowest BCUT2D eigenvalue weighted by molar-refractivity contribution is -0.479. The van der Waals surface area contributed by atoms with Crippen molar-refractivity contribution in [1.29, 1.82) is 0 Å². The molecule has 1 heterocycles. The van der Waals surface area contributed by atoms with Crippen LogP contribution >= 0.6 is 0 Å². The molecular weight excluding hydrogens is 728 g/mol. The molecule has 0 radical (unpaired) electrons. The van der Waals surface area contributed by atoms with Crippen LogP contribution in [0.15, 0.2) is 30.3 Å². The van der Waals surface area contributed by atoms with Crippen molar-refractivity contribution in [3.8, 4) is 5.75 Å². The van der Waals surface area contributed by atoms with E-state index in [0.717, 1.165) is 11.6 Å². The summed E-state index contributed by atoms with van der Waals surface area (Å²) in [6.45, 7) is -4.46. The van der Waals surface area contributed by atoms with E-state index in [2.05, 4.69) is 0 Å². The van der Waals surface area contributed by atoms with E-state index >= 15 is 0 Å². The summed E-state index contributed by atoms with van der Waals surface area (Å²) in [6.07, 6.45) is -10.6. The molecule has 5 atom stereocenters. The van der Waals surface area contributed by atoms with Crippen molar-refractivity contribution in [3.63, 3.8) is 0 Å². The fourth-order valence-corrected chi connectivity index (χ4v) is 4.01. The number of carbonyl (C=O) groups excluding carboxylic acids is 4. The Hall–Kier alpha value is -6.37. The maximum atomic E-state index is 12.3. The highest BCUT2D eigenvalue weighted by atomic mass is 16.7. The Kier molecular flexibility index (Phi) is 19.5. The summed E-state index contributed by atoms with van der Waals surface area (Å²) in [5.74, 6) is -5.36. The molecule has 25 heteroatoms. The van der Waals surface area contributed by atoms with Crippen molar-refractivity contribution >= 4 is 35.9 Å². The molecule has 53 heavy (non-hydrogen) atoms. The number of hydrogen-bond donors (Lipinski definition) is 2. The van der Waals surface area contributed by atoms with Crippen LogP contribution in [0.3, 0.4) is 0 Å². The molecule has 0 bridgehead atoms. The molecule has 1 aliphatic heterocycles. The SMILES string of the molecule is COc1ccccc1C=CC(=O)O.O=C(CC[N+](=O)[O-])OCC1OC(O)C(OC(=O)CC[N+](=O)[O-])C(OC(=O)CC[N+](=O)[O-])C1OC(=O)CC[N+](=O)[O-]. The first-order valence-electron chi connectivity index (χ1n) is 15.0. The van der Waals surface area contributed by atoms with Crippen molar-refractivity contribution < 1.29 is 82.3 Å². The van der Waals surface area contributed by atoms with Crippen LogP contribution in [0, 0.1) is 40.5 Å². The monoisotopic (exact) mass is 762 g/mol. The minimum absolute atomic E-state index is 0.667. The second kappa shape index (κ2) is 23.2. The Morgan fingerprint density at radius 2 is 1.15 bits per heavy atom. The van der Waals surface area contributed by atoms with Gasteiger partial charge >= 0.3 is 29.8 Å². The quantitative estimate of drug-likeness (QED) is 0.0552. The van der Waals surface area contributed by atoms with Crippen molar-refractivity contribution in [2.75, 3.05) is 39.9 Å². The number of ether oxygens (including phenoxy) is 6. The molecule has 1 saturated heterocycles. The summed E-state index contributed by atoms with van der Waals surface area (Å²) >= 11 is 0. The van der Waals surface area contributed by atoms with Crippen LogP contribution in [0.25, 0.3) is 6.08 Å². The predicted molar refractivity (Wildman–Crippen MR) is 167 cm³/mol. The molecule has 0 saturated carbocycles. The second-order valence-electron chi connectivity index (χ2n) is 10.3. The molecule has 292 valence electrons. The number of aliphatic carboxylic acids is 1. The highest BCUT2D eigenvalue weighted by Gasteiger charge is 2.52. The van der Waals surface area contributed by atoms with Crippen molar-refractivity contribution in [2.24, 2.45) is 0 Å². The van der Waals surface area contributed by atoms with Crippen LogP contribution in [0.5, 0.6) is 5.75 Å². The number of para-hydroxylation sites is 1. The molecule has 1 aliphatic rings. The average Bonchev–Trinajstić information content (AvgIpc) is 3.09.